The molecule has 0 amide bonds. The van der Waals surface area contributed by atoms with Crippen molar-refractivity contribution in [3.63, 3.8) is 0 Å². The molecule has 0 radical (unpaired) electrons. The van der Waals surface area contributed by atoms with Gasteiger partial charge in [0.15, 0.2) is 11.6 Å². The fourth-order valence-electron chi connectivity index (χ4n) is 1.62. The second-order valence-corrected chi connectivity index (χ2v) is 4.76. The number of nitrogens with one attached hydrogen (secondary N) is 1. The lowest BCUT2D eigenvalue weighted by molar-refractivity contribution is 0.737. The van der Waals surface area contributed by atoms with Crippen LogP contribution >= 0.6 is 0 Å². The van der Waals surface area contributed by atoms with Gasteiger partial charge < -0.3 is 0 Å². The largest absolute Gasteiger partial charge is 0.286 e. The monoisotopic (exact) mass is 258 g/mol. The Morgan fingerprint density at radius 2 is 2.05 bits per heavy atom. The maximum absolute atomic E-state index is 4.33. The molecule has 0 spiro atoms. The number of imidazole rings is 1. The summed E-state index contributed by atoms with van der Waals surface area (Å²) in [5.41, 5.74) is 3.78. The third kappa shape index (κ3) is 3.15. The zero-order valence-corrected chi connectivity index (χ0v) is 11.6. The number of hydrazone groups is 1. The first-order chi connectivity index (χ1) is 9.08. The SMILES string of the molecule is CC(C)=NNc1ccc(-n2ccnc2C(C)C)nn1. The van der Waals surface area contributed by atoms with E-state index in [1.54, 1.807) is 6.20 Å². The van der Waals surface area contributed by atoms with Gasteiger partial charge in [0, 0.05) is 24.0 Å². The van der Waals surface area contributed by atoms with Gasteiger partial charge in [0.2, 0.25) is 0 Å². The van der Waals surface area contributed by atoms with Crippen LogP contribution in [-0.2, 0) is 0 Å². The minimum atomic E-state index is 0.335. The van der Waals surface area contributed by atoms with Crippen LogP contribution in [0, 0.1) is 0 Å². The van der Waals surface area contributed by atoms with Crippen molar-refractivity contribution in [3.8, 4) is 5.82 Å². The van der Waals surface area contributed by atoms with Crippen LogP contribution in [-0.4, -0.2) is 25.5 Å². The number of anilines is 1. The van der Waals surface area contributed by atoms with E-state index in [9.17, 15) is 0 Å². The molecular formula is C13H18N6. The van der Waals surface area contributed by atoms with E-state index >= 15 is 0 Å². The van der Waals surface area contributed by atoms with E-state index in [0.29, 0.717) is 11.7 Å². The van der Waals surface area contributed by atoms with Crippen LogP contribution in [0.25, 0.3) is 5.82 Å². The Bertz CT molecular complexity index is 563. The minimum absolute atomic E-state index is 0.335. The van der Waals surface area contributed by atoms with E-state index in [-0.39, 0.29) is 0 Å². The maximum Gasteiger partial charge on any atom is 0.168 e. The van der Waals surface area contributed by atoms with E-state index < -0.39 is 0 Å². The molecule has 6 heteroatoms. The fourth-order valence-corrected chi connectivity index (χ4v) is 1.62. The van der Waals surface area contributed by atoms with Crippen LogP contribution in [0.1, 0.15) is 39.4 Å². The third-order valence-electron chi connectivity index (χ3n) is 2.48. The van der Waals surface area contributed by atoms with E-state index in [1.807, 2.05) is 36.7 Å². The average Bonchev–Trinajstić information content (AvgIpc) is 2.86. The molecule has 0 atom stereocenters. The molecule has 0 aliphatic carbocycles. The first-order valence-corrected chi connectivity index (χ1v) is 6.22. The topological polar surface area (TPSA) is 68.0 Å². The highest BCUT2D eigenvalue weighted by Crippen LogP contribution is 2.16. The van der Waals surface area contributed by atoms with E-state index in [2.05, 4.69) is 39.6 Å². The van der Waals surface area contributed by atoms with Gasteiger partial charge in [-0.05, 0) is 26.0 Å². The predicted molar refractivity (Wildman–Crippen MR) is 75.6 cm³/mol. The van der Waals surface area contributed by atoms with Crippen molar-refractivity contribution in [1.82, 2.24) is 19.7 Å². The fraction of sp³-hybridized carbons (Fsp3) is 0.385. The number of nitrogens with zero attached hydrogens (tertiary/aromatic N) is 5. The standard InChI is InChI=1S/C13H18N6/c1-9(2)13-14-7-8-19(13)12-6-5-11(17-18-12)16-15-10(3)4/h5-9H,1-4H3,(H,16,17). The number of hydrogen-bond acceptors (Lipinski definition) is 5. The summed E-state index contributed by atoms with van der Waals surface area (Å²) in [6.07, 6.45) is 3.66. The lowest BCUT2D eigenvalue weighted by atomic mass is 10.2. The highest BCUT2D eigenvalue weighted by molar-refractivity contribution is 5.79. The molecule has 0 aromatic carbocycles. The molecule has 0 saturated heterocycles. The molecule has 0 aliphatic heterocycles. The van der Waals surface area contributed by atoms with Crippen molar-refractivity contribution in [2.75, 3.05) is 5.43 Å². The van der Waals surface area contributed by atoms with Gasteiger partial charge in [0.05, 0.1) is 0 Å². The van der Waals surface area contributed by atoms with Crippen LogP contribution in [0.5, 0.6) is 0 Å². The Labute approximate surface area is 112 Å². The molecule has 0 bridgehead atoms. The Balaban J connectivity index is 2.23. The first kappa shape index (κ1) is 13.2. The molecule has 2 rings (SSSR count). The highest BCUT2D eigenvalue weighted by atomic mass is 15.4. The van der Waals surface area contributed by atoms with Crippen LogP contribution in [0.4, 0.5) is 5.82 Å². The van der Waals surface area contributed by atoms with Crippen molar-refractivity contribution in [3.05, 3.63) is 30.4 Å². The van der Waals surface area contributed by atoms with Gasteiger partial charge in [0.1, 0.15) is 5.82 Å². The van der Waals surface area contributed by atoms with E-state index in [0.717, 1.165) is 17.4 Å². The zero-order valence-electron chi connectivity index (χ0n) is 11.6. The summed E-state index contributed by atoms with van der Waals surface area (Å²) in [4.78, 5) is 4.33. The molecule has 1 N–H and O–H groups in total. The number of hydrogen-bond donors (Lipinski definition) is 1. The third-order valence-corrected chi connectivity index (χ3v) is 2.48. The molecule has 2 heterocycles. The van der Waals surface area contributed by atoms with Gasteiger partial charge in [-0.2, -0.15) is 5.10 Å². The van der Waals surface area contributed by atoms with Crippen molar-refractivity contribution < 1.29 is 0 Å². The van der Waals surface area contributed by atoms with Gasteiger partial charge in [-0.15, -0.1) is 10.2 Å². The van der Waals surface area contributed by atoms with Gasteiger partial charge in [-0.25, -0.2) is 4.98 Å². The zero-order chi connectivity index (χ0) is 13.8. The first-order valence-electron chi connectivity index (χ1n) is 6.22. The van der Waals surface area contributed by atoms with E-state index in [4.69, 9.17) is 0 Å². The summed E-state index contributed by atoms with van der Waals surface area (Å²) in [6.45, 7) is 8.02. The normalized spacial score (nSPS) is 10.6. The van der Waals surface area contributed by atoms with E-state index in [1.165, 1.54) is 0 Å². The molecule has 0 unspecified atom stereocenters. The number of aromatic nitrogens is 4. The molecule has 0 saturated carbocycles. The molecule has 0 aliphatic rings. The lowest BCUT2D eigenvalue weighted by Gasteiger charge is -2.09. The molecule has 2 aromatic heterocycles. The molecule has 0 fully saturated rings. The highest BCUT2D eigenvalue weighted by Gasteiger charge is 2.09. The van der Waals surface area contributed by atoms with Crippen molar-refractivity contribution in [2.24, 2.45) is 5.10 Å². The second kappa shape index (κ2) is 5.60. The van der Waals surface area contributed by atoms with Gasteiger partial charge in [0.25, 0.3) is 0 Å². The van der Waals surface area contributed by atoms with Crippen LogP contribution in [0.2, 0.25) is 0 Å². The maximum atomic E-state index is 4.33. The Kier molecular flexibility index (Phi) is 3.89. The molecule has 100 valence electrons. The minimum Gasteiger partial charge on any atom is -0.286 e. The smallest absolute Gasteiger partial charge is 0.168 e. The van der Waals surface area contributed by atoms with Gasteiger partial charge in [-0.3, -0.25) is 9.99 Å². The molecule has 6 nitrogen and oxygen atoms in total. The predicted octanol–water partition coefficient (Wildman–Crippen LogP) is 2.59. The van der Waals surface area contributed by atoms with Crippen molar-refractivity contribution in [1.29, 1.82) is 0 Å². The van der Waals surface area contributed by atoms with Crippen LogP contribution < -0.4 is 5.43 Å². The number of rotatable bonds is 4. The molecule has 19 heavy (non-hydrogen) atoms. The van der Waals surface area contributed by atoms with Crippen molar-refractivity contribution >= 4 is 11.5 Å². The molecule has 2 aromatic rings. The van der Waals surface area contributed by atoms with Crippen molar-refractivity contribution in [2.45, 2.75) is 33.6 Å². The summed E-state index contributed by atoms with van der Waals surface area (Å²) in [6, 6.07) is 3.74. The quantitative estimate of drug-likeness (QED) is 0.676. The van der Waals surface area contributed by atoms with Gasteiger partial charge in [-0.1, -0.05) is 13.8 Å². The Morgan fingerprint density at radius 1 is 1.26 bits per heavy atom. The summed E-state index contributed by atoms with van der Waals surface area (Å²) in [7, 11) is 0. The lowest BCUT2D eigenvalue weighted by Crippen LogP contribution is -2.06. The summed E-state index contributed by atoms with van der Waals surface area (Å²) in [5.74, 6) is 2.68. The summed E-state index contributed by atoms with van der Waals surface area (Å²) >= 11 is 0. The van der Waals surface area contributed by atoms with Crippen LogP contribution in [0.3, 0.4) is 0 Å². The molecular weight excluding hydrogens is 240 g/mol. The Hall–Kier alpha value is -2.24. The van der Waals surface area contributed by atoms with Crippen LogP contribution in [0.15, 0.2) is 29.6 Å². The average molecular weight is 258 g/mol. The van der Waals surface area contributed by atoms with Gasteiger partial charge >= 0.3 is 0 Å². The summed E-state index contributed by atoms with van der Waals surface area (Å²) in [5, 5.41) is 12.4. The summed E-state index contributed by atoms with van der Waals surface area (Å²) < 4.78 is 1.94. The second-order valence-electron chi connectivity index (χ2n) is 4.76. The Morgan fingerprint density at radius 3 is 2.63 bits per heavy atom.